The van der Waals surface area contributed by atoms with E-state index in [4.69, 9.17) is 20.1 Å². The van der Waals surface area contributed by atoms with Crippen LogP contribution in [0.1, 0.15) is 0 Å². The quantitative estimate of drug-likeness (QED) is 0.345. The van der Waals surface area contributed by atoms with E-state index >= 15 is 0 Å². The molecule has 2 rings (SSSR count). The highest BCUT2D eigenvalue weighted by atomic mass is 16.5. The minimum absolute atomic E-state index is 0.0236. The predicted molar refractivity (Wildman–Crippen MR) is 55.1 cm³/mol. The van der Waals surface area contributed by atoms with Gasteiger partial charge in [-0.3, -0.25) is 0 Å². The second kappa shape index (κ2) is 3.91. The van der Waals surface area contributed by atoms with Crippen molar-refractivity contribution < 1.29 is 14.4 Å². The molecule has 1 aromatic heterocycles. The van der Waals surface area contributed by atoms with Gasteiger partial charge in [-0.2, -0.15) is 0 Å². The second-order valence-electron chi connectivity index (χ2n) is 3.01. The van der Waals surface area contributed by atoms with Crippen LogP contribution in [0.2, 0.25) is 0 Å². The molecule has 2 aromatic rings. The van der Waals surface area contributed by atoms with Crippen molar-refractivity contribution in [2.24, 2.45) is 10.9 Å². The second-order valence-corrected chi connectivity index (χ2v) is 3.01. The molecule has 0 aliphatic heterocycles. The SMILES string of the molecule is N/C(COc1cccc2cocc12)=N/O. The van der Waals surface area contributed by atoms with Crippen LogP contribution in [-0.4, -0.2) is 17.6 Å². The molecule has 78 valence electrons. The Bertz CT molecular complexity index is 490. The molecule has 0 radical (unpaired) electrons. The standard InChI is InChI=1S/C10H10N2O3/c11-10(12-13)6-15-9-3-1-2-7-4-14-5-8(7)9/h1-5,13H,6H2,(H2,11,12). The van der Waals surface area contributed by atoms with Crippen molar-refractivity contribution >= 4 is 16.6 Å². The number of hydrogen-bond donors (Lipinski definition) is 2. The van der Waals surface area contributed by atoms with Crippen molar-refractivity contribution in [3.05, 3.63) is 30.7 Å². The molecule has 5 nitrogen and oxygen atoms in total. The smallest absolute Gasteiger partial charge is 0.177 e. The van der Waals surface area contributed by atoms with Crippen molar-refractivity contribution in [3.63, 3.8) is 0 Å². The summed E-state index contributed by atoms with van der Waals surface area (Å²) in [6, 6.07) is 5.55. The number of hydrogen-bond acceptors (Lipinski definition) is 4. The predicted octanol–water partition coefficient (Wildman–Crippen LogP) is 1.56. The topological polar surface area (TPSA) is 81.0 Å². The Morgan fingerprint density at radius 1 is 1.47 bits per heavy atom. The van der Waals surface area contributed by atoms with Crippen LogP contribution in [0.3, 0.4) is 0 Å². The van der Waals surface area contributed by atoms with Crippen molar-refractivity contribution in [2.45, 2.75) is 0 Å². The number of rotatable bonds is 3. The molecule has 0 aliphatic rings. The Balaban J connectivity index is 2.24. The van der Waals surface area contributed by atoms with Gasteiger partial charge in [-0.25, -0.2) is 0 Å². The van der Waals surface area contributed by atoms with Crippen LogP contribution < -0.4 is 10.5 Å². The lowest BCUT2D eigenvalue weighted by atomic mass is 10.2. The number of nitrogens with two attached hydrogens (primary N) is 1. The Morgan fingerprint density at radius 2 is 2.33 bits per heavy atom. The number of benzene rings is 1. The molecule has 0 spiro atoms. The van der Waals surface area contributed by atoms with Gasteiger partial charge in [0, 0.05) is 5.39 Å². The molecule has 1 heterocycles. The molecule has 5 heteroatoms. The van der Waals surface area contributed by atoms with Gasteiger partial charge in [0.15, 0.2) is 5.84 Å². The molecule has 3 N–H and O–H groups in total. The van der Waals surface area contributed by atoms with Gasteiger partial charge in [0.25, 0.3) is 0 Å². The largest absolute Gasteiger partial charge is 0.485 e. The summed E-state index contributed by atoms with van der Waals surface area (Å²) in [5.41, 5.74) is 5.29. The first kappa shape index (κ1) is 9.39. The van der Waals surface area contributed by atoms with Crippen LogP contribution in [0.5, 0.6) is 5.75 Å². The zero-order chi connectivity index (χ0) is 10.7. The van der Waals surface area contributed by atoms with Gasteiger partial charge in [0.2, 0.25) is 0 Å². The lowest BCUT2D eigenvalue weighted by Gasteiger charge is -2.05. The van der Waals surface area contributed by atoms with Gasteiger partial charge in [0.05, 0.1) is 11.6 Å². The summed E-state index contributed by atoms with van der Waals surface area (Å²) in [7, 11) is 0. The highest BCUT2D eigenvalue weighted by Gasteiger charge is 2.04. The third-order valence-corrected chi connectivity index (χ3v) is 1.98. The van der Waals surface area contributed by atoms with E-state index in [1.54, 1.807) is 18.6 Å². The van der Waals surface area contributed by atoms with Crippen molar-refractivity contribution in [3.8, 4) is 5.75 Å². The highest BCUT2D eigenvalue weighted by Crippen LogP contribution is 2.25. The molecule has 1 aromatic carbocycles. The Morgan fingerprint density at radius 3 is 3.13 bits per heavy atom. The zero-order valence-corrected chi connectivity index (χ0v) is 7.88. The average Bonchev–Trinajstić information content (AvgIpc) is 2.74. The van der Waals surface area contributed by atoms with Gasteiger partial charge in [0.1, 0.15) is 18.6 Å². The number of furan rings is 1. The van der Waals surface area contributed by atoms with E-state index in [-0.39, 0.29) is 12.4 Å². The fourth-order valence-corrected chi connectivity index (χ4v) is 1.27. The summed E-state index contributed by atoms with van der Waals surface area (Å²) in [6.45, 7) is 0.0425. The molecule has 0 bridgehead atoms. The van der Waals surface area contributed by atoms with E-state index in [1.807, 2.05) is 12.1 Å². The fraction of sp³-hybridized carbons (Fsp3) is 0.100. The molecule has 0 atom stereocenters. The Kier molecular flexibility index (Phi) is 2.45. The Labute approximate surface area is 85.7 Å². The Hall–Kier alpha value is -2.17. The van der Waals surface area contributed by atoms with E-state index < -0.39 is 0 Å². The van der Waals surface area contributed by atoms with E-state index in [2.05, 4.69) is 5.16 Å². The van der Waals surface area contributed by atoms with E-state index in [9.17, 15) is 0 Å². The molecular weight excluding hydrogens is 196 g/mol. The lowest BCUT2D eigenvalue weighted by molar-refractivity contribution is 0.307. The first-order valence-corrected chi connectivity index (χ1v) is 4.35. The minimum atomic E-state index is 0.0236. The molecular formula is C10H10N2O3. The summed E-state index contributed by atoms with van der Waals surface area (Å²) < 4.78 is 10.4. The molecule has 0 saturated heterocycles. The molecule has 0 unspecified atom stereocenters. The van der Waals surface area contributed by atoms with Crippen LogP contribution in [0.25, 0.3) is 10.8 Å². The van der Waals surface area contributed by atoms with E-state index in [0.717, 1.165) is 10.8 Å². The monoisotopic (exact) mass is 206 g/mol. The highest BCUT2D eigenvalue weighted by molar-refractivity contribution is 5.88. The molecule has 0 aliphatic carbocycles. The summed E-state index contributed by atoms with van der Waals surface area (Å²) in [5.74, 6) is 0.670. The number of oxime groups is 1. The normalized spacial score (nSPS) is 11.9. The third kappa shape index (κ3) is 1.85. The summed E-state index contributed by atoms with van der Waals surface area (Å²) in [6.07, 6.45) is 3.22. The molecule has 0 fully saturated rings. The van der Waals surface area contributed by atoms with Crippen molar-refractivity contribution in [2.75, 3.05) is 6.61 Å². The van der Waals surface area contributed by atoms with E-state index in [0.29, 0.717) is 5.75 Å². The molecule has 0 saturated carbocycles. The van der Waals surface area contributed by atoms with Crippen molar-refractivity contribution in [1.29, 1.82) is 0 Å². The summed E-state index contributed by atoms with van der Waals surface area (Å²) >= 11 is 0. The van der Waals surface area contributed by atoms with Gasteiger partial charge >= 0.3 is 0 Å². The maximum Gasteiger partial charge on any atom is 0.177 e. The van der Waals surface area contributed by atoms with Crippen LogP contribution in [0.4, 0.5) is 0 Å². The first-order valence-electron chi connectivity index (χ1n) is 4.35. The van der Waals surface area contributed by atoms with Crippen LogP contribution in [0.15, 0.2) is 40.3 Å². The van der Waals surface area contributed by atoms with E-state index in [1.165, 1.54) is 0 Å². The van der Waals surface area contributed by atoms with Gasteiger partial charge in [-0.1, -0.05) is 17.3 Å². The van der Waals surface area contributed by atoms with Crippen LogP contribution in [0, 0.1) is 0 Å². The zero-order valence-electron chi connectivity index (χ0n) is 7.88. The van der Waals surface area contributed by atoms with Gasteiger partial charge in [-0.05, 0) is 6.07 Å². The summed E-state index contributed by atoms with van der Waals surface area (Å²) in [5, 5.41) is 13.0. The number of ether oxygens (including phenoxy) is 1. The molecule has 15 heavy (non-hydrogen) atoms. The molecule has 0 amide bonds. The number of nitrogens with zero attached hydrogens (tertiary/aromatic N) is 1. The maximum atomic E-state index is 8.35. The number of fused-ring (bicyclic) bond motifs is 1. The fourth-order valence-electron chi connectivity index (χ4n) is 1.27. The van der Waals surface area contributed by atoms with Crippen LogP contribution in [-0.2, 0) is 0 Å². The number of amidine groups is 1. The average molecular weight is 206 g/mol. The van der Waals surface area contributed by atoms with Crippen molar-refractivity contribution in [1.82, 2.24) is 0 Å². The van der Waals surface area contributed by atoms with Gasteiger partial charge in [-0.15, -0.1) is 0 Å². The lowest BCUT2D eigenvalue weighted by Crippen LogP contribution is -2.20. The van der Waals surface area contributed by atoms with Gasteiger partial charge < -0.3 is 20.1 Å². The third-order valence-electron chi connectivity index (χ3n) is 1.98. The van der Waals surface area contributed by atoms with Crippen LogP contribution >= 0.6 is 0 Å². The summed E-state index contributed by atoms with van der Waals surface area (Å²) in [4.78, 5) is 0. The maximum absolute atomic E-state index is 8.35. The minimum Gasteiger partial charge on any atom is -0.485 e. The first-order chi connectivity index (χ1) is 7.31.